The second-order valence-electron chi connectivity index (χ2n) is 7.93. The first-order valence-corrected chi connectivity index (χ1v) is 10.6. The third-order valence-corrected chi connectivity index (χ3v) is 5.48. The smallest absolute Gasteiger partial charge is 0.229 e. The molecule has 0 spiro atoms. The number of hydrogen-bond donors (Lipinski definition) is 3. The van der Waals surface area contributed by atoms with Crippen molar-refractivity contribution in [2.45, 2.75) is 51.0 Å². The Morgan fingerprint density at radius 2 is 2.00 bits per heavy atom. The van der Waals surface area contributed by atoms with Gasteiger partial charge in [0.05, 0.1) is 18.4 Å². The Hall–Kier alpha value is -2.68. The number of anilines is 3. The van der Waals surface area contributed by atoms with Crippen molar-refractivity contribution in [1.82, 2.24) is 24.6 Å². The Kier molecular flexibility index (Phi) is 6.24. The van der Waals surface area contributed by atoms with Crippen LogP contribution >= 0.6 is 0 Å². The lowest BCUT2D eigenvalue weighted by Gasteiger charge is -2.26. The molecule has 4 rings (SSSR count). The number of rotatable bonds is 10. The average molecular weight is 399 g/mol. The molecule has 9 heteroatoms. The number of carbonyl (C=O) groups excluding carboxylic acids is 1. The first kappa shape index (κ1) is 19.6. The molecule has 1 amide bonds. The van der Waals surface area contributed by atoms with Gasteiger partial charge in [-0.1, -0.05) is 6.42 Å². The van der Waals surface area contributed by atoms with Gasteiger partial charge in [-0.2, -0.15) is 10.1 Å². The molecule has 0 bridgehead atoms. The van der Waals surface area contributed by atoms with Gasteiger partial charge < -0.3 is 21.3 Å². The van der Waals surface area contributed by atoms with Gasteiger partial charge in [-0.05, 0) is 44.7 Å². The van der Waals surface area contributed by atoms with Gasteiger partial charge in [-0.25, -0.2) is 4.98 Å². The number of likely N-dealkylation sites (tertiary alicyclic amines) is 1. The van der Waals surface area contributed by atoms with E-state index < -0.39 is 0 Å². The van der Waals surface area contributed by atoms with Crippen LogP contribution in [0.25, 0.3) is 0 Å². The molecule has 9 nitrogen and oxygen atoms in total. The predicted molar refractivity (Wildman–Crippen MR) is 112 cm³/mol. The minimum absolute atomic E-state index is 0.278. The second kappa shape index (κ2) is 9.21. The quantitative estimate of drug-likeness (QED) is 0.561. The van der Waals surface area contributed by atoms with Crippen LogP contribution in [0.1, 0.15) is 50.0 Å². The minimum atomic E-state index is -0.324. The van der Waals surface area contributed by atoms with E-state index in [1.807, 2.05) is 17.1 Å². The number of piperidine rings is 1. The van der Waals surface area contributed by atoms with Gasteiger partial charge in [0, 0.05) is 37.5 Å². The van der Waals surface area contributed by atoms with E-state index in [1.54, 1.807) is 6.20 Å². The number of aromatic nitrogens is 4. The van der Waals surface area contributed by atoms with Gasteiger partial charge in [0.25, 0.3) is 0 Å². The lowest BCUT2D eigenvalue weighted by molar-refractivity contribution is -0.117. The average Bonchev–Trinajstić information content (AvgIpc) is 3.47. The Balaban J connectivity index is 1.35. The third kappa shape index (κ3) is 5.66. The Bertz CT molecular complexity index is 826. The van der Waals surface area contributed by atoms with Crippen molar-refractivity contribution in [2.75, 3.05) is 36.8 Å². The molecule has 0 radical (unpaired) electrons. The molecule has 0 atom stereocenters. The summed E-state index contributed by atoms with van der Waals surface area (Å²) < 4.78 is 1.96. The van der Waals surface area contributed by atoms with Crippen LogP contribution in [0.15, 0.2) is 18.6 Å². The molecular weight excluding hydrogens is 368 g/mol. The lowest BCUT2D eigenvalue weighted by atomic mass is 10.1. The largest absolute Gasteiger partial charge is 0.370 e. The highest BCUT2D eigenvalue weighted by Crippen LogP contribution is 2.42. The number of nitrogens with zero attached hydrogens (tertiary/aromatic N) is 5. The maximum Gasteiger partial charge on any atom is 0.229 e. The Morgan fingerprint density at radius 1 is 1.17 bits per heavy atom. The zero-order valence-electron chi connectivity index (χ0n) is 16.8. The molecule has 2 aromatic heterocycles. The highest BCUT2D eigenvalue weighted by Gasteiger charge is 2.27. The molecule has 0 aromatic carbocycles. The highest BCUT2D eigenvalue weighted by molar-refractivity contribution is 5.74. The Morgan fingerprint density at radius 3 is 2.76 bits per heavy atom. The van der Waals surface area contributed by atoms with E-state index in [2.05, 4.69) is 30.6 Å². The predicted octanol–water partition coefficient (Wildman–Crippen LogP) is 2.07. The van der Waals surface area contributed by atoms with E-state index in [-0.39, 0.29) is 12.3 Å². The number of carbonyl (C=O) groups is 1. The summed E-state index contributed by atoms with van der Waals surface area (Å²) in [5, 5.41) is 10.9. The van der Waals surface area contributed by atoms with E-state index in [4.69, 9.17) is 5.73 Å². The summed E-state index contributed by atoms with van der Waals surface area (Å²) in [6, 6.07) is 0. The minimum Gasteiger partial charge on any atom is -0.370 e. The van der Waals surface area contributed by atoms with E-state index in [0.717, 1.165) is 43.0 Å². The van der Waals surface area contributed by atoms with Gasteiger partial charge in [0.15, 0.2) is 0 Å². The van der Waals surface area contributed by atoms with Crippen molar-refractivity contribution in [3.63, 3.8) is 0 Å². The van der Waals surface area contributed by atoms with Crippen LogP contribution < -0.4 is 16.4 Å². The molecule has 29 heavy (non-hydrogen) atoms. The van der Waals surface area contributed by atoms with Crippen molar-refractivity contribution in [1.29, 1.82) is 0 Å². The van der Waals surface area contributed by atoms with E-state index >= 15 is 0 Å². The highest BCUT2D eigenvalue weighted by atomic mass is 16.1. The van der Waals surface area contributed by atoms with Crippen LogP contribution in [0.4, 0.5) is 17.5 Å². The SMILES string of the molecule is NC(=O)CCNc1nc(Nc2cnn(CCN3CCCCC3)c2)ncc1C1CC1. The van der Waals surface area contributed by atoms with Crippen LogP contribution in [0.3, 0.4) is 0 Å². The zero-order valence-corrected chi connectivity index (χ0v) is 16.8. The fraction of sp³-hybridized carbons (Fsp3) is 0.600. The topological polar surface area (TPSA) is 114 Å². The van der Waals surface area contributed by atoms with Crippen molar-refractivity contribution in [2.24, 2.45) is 5.73 Å². The van der Waals surface area contributed by atoms with E-state index in [9.17, 15) is 4.79 Å². The van der Waals surface area contributed by atoms with Crippen molar-refractivity contribution in [3.05, 3.63) is 24.2 Å². The number of nitrogens with two attached hydrogens (primary N) is 1. The summed E-state index contributed by atoms with van der Waals surface area (Å²) in [5.41, 5.74) is 7.21. The molecule has 4 N–H and O–H groups in total. The summed E-state index contributed by atoms with van der Waals surface area (Å²) in [7, 11) is 0. The zero-order chi connectivity index (χ0) is 20.1. The number of amides is 1. The van der Waals surface area contributed by atoms with Crippen LogP contribution in [-0.2, 0) is 11.3 Å². The van der Waals surface area contributed by atoms with Gasteiger partial charge in [0.2, 0.25) is 11.9 Å². The molecule has 1 saturated carbocycles. The van der Waals surface area contributed by atoms with Gasteiger partial charge in [-0.15, -0.1) is 0 Å². The lowest BCUT2D eigenvalue weighted by Crippen LogP contribution is -2.32. The standard InChI is InChI=1S/C20H30N8O/c21-18(29)6-7-22-19-17(15-4-5-15)13-23-20(26-19)25-16-12-24-28(14-16)11-10-27-8-2-1-3-9-27/h12-15H,1-11H2,(H2,21,29)(H2,22,23,25,26). The van der Waals surface area contributed by atoms with Crippen LogP contribution in [0.5, 0.6) is 0 Å². The van der Waals surface area contributed by atoms with Crippen LogP contribution in [-0.4, -0.2) is 56.7 Å². The fourth-order valence-corrected chi connectivity index (χ4v) is 3.70. The number of hydrogen-bond acceptors (Lipinski definition) is 7. The molecule has 0 unspecified atom stereocenters. The van der Waals surface area contributed by atoms with Crippen LogP contribution in [0.2, 0.25) is 0 Å². The third-order valence-electron chi connectivity index (χ3n) is 5.48. The molecular formula is C20H30N8O. The van der Waals surface area contributed by atoms with Gasteiger partial charge in [0.1, 0.15) is 5.82 Å². The molecule has 1 aliphatic heterocycles. The molecule has 2 aliphatic rings. The van der Waals surface area contributed by atoms with Crippen molar-refractivity contribution < 1.29 is 4.79 Å². The monoisotopic (exact) mass is 398 g/mol. The van der Waals surface area contributed by atoms with Gasteiger partial charge >= 0.3 is 0 Å². The fourth-order valence-electron chi connectivity index (χ4n) is 3.70. The summed E-state index contributed by atoms with van der Waals surface area (Å²) in [6.45, 7) is 4.77. The van der Waals surface area contributed by atoms with E-state index in [1.165, 1.54) is 32.4 Å². The normalized spacial score (nSPS) is 17.2. The summed E-state index contributed by atoms with van der Waals surface area (Å²) in [5.74, 6) is 1.49. The first-order valence-electron chi connectivity index (χ1n) is 10.6. The maximum atomic E-state index is 11.0. The van der Waals surface area contributed by atoms with E-state index in [0.29, 0.717) is 18.4 Å². The summed E-state index contributed by atoms with van der Waals surface area (Å²) in [6.07, 6.45) is 12.2. The Labute approximate surface area is 171 Å². The van der Waals surface area contributed by atoms with Crippen molar-refractivity contribution >= 4 is 23.4 Å². The summed E-state index contributed by atoms with van der Waals surface area (Å²) >= 11 is 0. The summed E-state index contributed by atoms with van der Waals surface area (Å²) in [4.78, 5) is 22.6. The van der Waals surface area contributed by atoms with Crippen LogP contribution in [0, 0.1) is 0 Å². The first-order chi connectivity index (χ1) is 14.2. The van der Waals surface area contributed by atoms with Gasteiger partial charge in [-0.3, -0.25) is 9.48 Å². The molecule has 2 aromatic rings. The molecule has 156 valence electrons. The molecule has 1 aliphatic carbocycles. The number of nitrogens with one attached hydrogen (secondary N) is 2. The maximum absolute atomic E-state index is 11.0. The number of primary amides is 1. The molecule has 3 heterocycles. The second-order valence-corrected chi connectivity index (χ2v) is 7.93. The van der Waals surface area contributed by atoms with Crippen molar-refractivity contribution in [3.8, 4) is 0 Å². The molecule has 2 fully saturated rings. The molecule has 1 saturated heterocycles.